The normalized spacial score (nSPS) is 11.5. The van der Waals surface area contributed by atoms with E-state index in [-0.39, 0.29) is 17.3 Å². The van der Waals surface area contributed by atoms with Crippen molar-refractivity contribution in [2.75, 3.05) is 5.32 Å². The monoisotopic (exact) mass is 514 g/mol. The minimum absolute atomic E-state index is 0.0432. The summed E-state index contributed by atoms with van der Waals surface area (Å²) in [5.74, 6) is -0.0521. The first kappa shape index (κ1) is 24.4. The van der Waals surface area contributed by atoms with Gasteiger partial charge in [0, 0.05) is 23.5 Å². The summed E-state index contributed by atoms with van der Waals surface area (Å²) in [4.78, 5) is 17.7. The molecule has 5 rings (SSSR count). The molecule has 0 spiro atoms. The van der Waals surface area contributed by atoms with E-state index in [1.165, 1.54) is 24.3 Å². The molecular formula is C28H23FN4O3S. The fourth-order valence-electron chi connectivity index (χ4n) is 4.05. The highest BCUT2D eigenvalue weighted by molar-refractivity contribution is 7.89. The van der Waals surface area contributed by atoms with Gasteiger partial charge in [0.1, 0.15) is 11.6 Å². The van der Waals surface area contributed by atoms with Gasteiger partial charge >= 0.3 is 0 Å². The van der Waals surface area contributed by atoms with E-state index in [4.69, 9.17) is 0 Å². The van der Waals surface area contributed by atoms with Gasteiger partial charge in [0.15, 0.2) is 0 Å². The lowest BCUT2D eigenvalue weighted by molar-refractivity contribution is 0.102. The Morgan fingerprint density at radius 2 is 1.68 bits per heavy atom. The Hall–Kier alpha value is -4.34. The second-order valence-corrected chi connectivity index (χ2v) is 10.2. The zero-order valence-corrected chi connectivity index (χ0v) is 20.7. The maximum Gasteiger partial charge on any atom is 0.255 e. The molecule has 37 heavy (non-hydrogen) atoms. The minimum Gasteiger partial charge on any atom is -0.322 e. The topological polar surface area (TPSA) is 93.1 Å². The number of sulfonamides is 1. The molecule has 5 aromatic rings. The Morgan fingerprint density at radius 1 is 0.919 bits per heavy atom. The third-order valence-corrected chi connectivity index (χ3v) is 7.28. The lowest BCUT2D eigenvalue weighted by Crippen LogP contribution is -2.23. The van der Waals surface area contributed by atoms with Gasteiger partial charge < -0.3 is 5.32 Å². The molecule has 1 aromatic heterocycles. The van der Waals surface area contributed by atoms with Crippen LogP contribution < -0.4 is 10.0 Å². The Balaban J connectivity index is 1.38. The molecule has 4 aromatic carbocycles. The molecule has 0 saturated carbocycles. The number of anilines is 1. The number of amides is 1. The van der Waals surface area contributed by atoms with E-state index in [0.717, 1.165) is 11.3 Å². The van der Waals surface area contributed by atoms with Crippen molar-refractivity contribution in [2.24, 2.45) is 0 Å². The van der Waals surface area contributed by atoms with Gasteiger partial charge in [-0.05, 0) is 73.2 Å². The van der Waals surface area contributed by atoms with Crippen molar-refractivity contribution in [3.05, 3.63) is 120 Å². The van der Waals surface area contributed by atoms with Crippen LogP contribution in [-0.2, 0) is 16.6 Å². The van der Waals surface area contributed by atoms with Gasteiger partial charge in [-0.2, -0.15) is 0 Å². The minimum atomic E-state index is -3.79. The predicted octanol–water partition coefficient (Wildman–Crippen LogP) is 5.20. The number of benzene rings is 4. The van der Waals surface area contributed by atoms with Crippen molar-refractivity contribution in [3.8, 4) is 5.69 Å². The number of aryl methyl sites for hydroxylation is 1. The summed E-state index contributed by atoms with van der Waals surface area (Å²) in [7, 11) is -3.79. The molecule has 7 nitrogen and oxygen atoms in total. The Bertz CT molecular complexity index is 1700. The fourth-order valence-corrected chi connectivity index (χ4v) is 5.12. The SMILES string of the molecule is Cc1nc2ccc(C(=O)Nc3cccc(S(=O)(=O)NCc4ccccc4)c3)cc2n1-c1ccc(F)cc1. The van der Waals surface area contributed by atoms with Gasteiger partial charge in [-0.3, -0.25) is 9.36 Å². The third kappa shape index (κ3) is 5.28. The lowest BCUT2D eigenvalue weighted by atomic mass is 10.1. The zero-order valence-electron chi connectivity index (χ0n) is 19.9. The maximum atomic E-state index is 13.4. The number of hydrogen-bond acceptors (Lipinski definition) is 4. The van der Waals surface area contributed by atoms with E-state index >= 15 is 0 Å². The van der Waals surface area contributed by atoms with E-state index in [0.29, 0.717) is 28.1 Å². The molecular weight excluding hydrogens is 491 g/mol. The summed E-state index contributed by atoms with van der Waals surface area (Å²) < 4.78 is 43.4. The molecule has 0 fully saturated rings. The van der Waals surface area contributed by atoms with Crippen molar-refractivity contribution >= 4 is 32.7 Å². The van der Waals surface area contributed by atoms with Crippen molar-refractivity contribution in [2.45, 2.75) is 18.4 Å². The van der Waals surface area contributed by atoms with E-state index in [2.05, 4.69) is 15.0 Å². The highest BCUT2D eigenvalue weighted by Crippen LogP contribution is 2.24. The Labute approximate surface area is 213 Å². The number of hydrogen-bond donors (Lipinski definition) is 2. The molecule has 0 aliphatic heterocycles. The van der Waals surface area contributed by atoms with Crippen LogP contribution in [0.4, 0.5) is 10.1 Å². The standard InChI is InChI=1S/C28H23FN4O3S/c1-19-31-26-15-10-21(16-27(26)33(19)24-13-11-22(29)12-14-24)28(34)32-23-8-5-9-25(17-23)37(35,36)30-18-20-6-3-2-4-7-20/h2-17,30H,18H2,1H3,(H,32,34). The van der Waals surface area contributed by atoms with E-state index in [9.17, 15) is 17.6 Å². The van der Waals surface area contributed by atoms with Crippen molar-refractivity contribution in [3.63, 3.8) is 0 Å². The van der Waals surface area contributed by atoms with E-state index in [1.807, 2.05) is 41.8 Å². The number of rotatable bonds is 7. The number of nitrogens with zero attached hydrogens (tertiary/aromatic N) is 2. The lowest BCUT2D eigenvalue weighted by Gasteiger charge is -2.10. The van der Waals surface area contributed by atoms with Gasteiger partial charge in [0.2, 0.25) is 10.0 Å². The maximum absolute atomic E-state index is 13.4. The van der Waals surface area contributed by atoms with Crippen molar-refractivity contribution in [1.82, 2.24) is 14.3 Å². The van der Waals surface area contributed by atoms with Crippen molar-refractivity contribution in [1.29, 1.82) is 0 Å². The number of aromatic nitrogens is 2. The summed E-state index contributed by atoms with van der Waals surface area (Å²) in [6.07, 6.45) is 0. The molecule has 1 heterocycles. The number of carbonyl (C=O) groups excluding carboxylic acids is 1. The molecule has 0 aliphatic rings. The van der Waals surface area contributed by atoms with Gasteiger partial charge in [-0.15, -0.1) is 0 Å². The quantitative estimate of drug-likeness (QED) is 0.312. The second-order valence-electron chi connectivity index (χ2n) is 8.47. The largest absolute Gasteiger partial charge is 0.322 e. The van der Waals surface area contributed by atoms with Gasteiger partial charge in [-0.25, -0.2) is 22.5 Å². The molecule has 9 heteroatoms. The fraction of sp³-hybridized carbons (Fsp3) is 0.0714. The van der Waals surface area contributed by atoms with Gasteiger partial charge in [0.25, 0.3) is 5.91 Å². The van der Waals surface area contributed by atoms with Crippen LogP contribution in [0.25, 0.3) is 16.7 Å². The highest BCUT2D eigenvalue weighted by atomic mass is 32.2. The number of halogens is 1. The average Bonchev–Trinajstić information content (AvgIpc) is 3.23. The molecule has 0 saturated heterocycles. The van der Waals surface area contributed by atoms with E-state index in [1.54, 1.807) is 42.5 Å². The zero-order chi connectivity index (χ0) is 26.0. The summed E-state index contributed by atoms with van der Waals surface area (Å²) >= 11 is 0. The molecule has 186 valence electrons. The summed E-state index contributed by atoms with van der Waals surface area (Å²) in [5, 5.41) is 2.77. The molecule has 0 aliphatic carbocycles. The third-order valence-electron chi connectivity index (χ3n) is 5.88. The molecule has 0 unspecified atom stereocenters. The van der Waals surface area contributed by atoms with Crippen LogP contribution >= 0.6 is 0 Å². The van der Waals surface area contributed by atoms with Crippen LogP contribution in [0.5, 0.6) is 0 Å². The van der Waals surface area contributed by atoms with Crippen LogP contribution in [0.3, 0.4) is 0 Å². The molecule has 0 radical (unpaired) electrons. The Morgan fingerprint density at radius 3 is 2.43 bits per heavy atom. The van der Waals surface area contributed by atoms with E-state index < -0.39 is 15.9 Å². The van der Waals surface area contributed by atoms with Gasteiger partial charge in [0.05, 0.1) is 15.9 Å². The smallest absolute Gasteiger partial charge is 0.255 e. The van der Waals surface area contributed by atoms with Crippen LogP contribution in [0.2, 0.25) is 0 Å². The van der Waals surface area contributed by atoms with Crippen molar-refractivity contribution < 1.29 is 17.6 Å². The first-order valence-electron chi connectivity index (χ1n) is 11.5. The number of carbonyl (C=O) groups is 1. The number of nitrogens with one attached hydrogen (secondary N) is 2. The first-order valence-corrected chi connectivity index (χ1v) is 13.0. The summed E-state index contributed by atoms with van der Waals surface area (Å²) in [6, 6.07) is 26.4. The molecule has 2 N–H and O–H groups in total. The van der Waals surface area contributed by atoms with Crippen LogP contribution in [0.15, 0.2) is 102 Å². The molecule has 1 amide bonds. The van der Waals surface area contributed by atoms with Gasteiger partial charge in [-0.1, -0.05) is 36.4 Å². The van der Waals surface area contributed by atoms with Crippen LogP contribution in [-0.4, -0.2) is 23.9 Å². The average molecular weight is 515 g/mol. The Kier molecular flexibility index (Phi) is 6.56. The molecule has 0 bridgehead atoms. The highest BCUT2D eigenvalue weighted by Gasteiger charge is 2.17. The van der Waals surface area contributed by atoms with Crippen LogP contribution in [0.1, 0.15) is 21.7 Å². The summed E-state index contributed by atoms with van der Waals surface area (Å²) in [6.45, 7) is 1.99. The predicted molar refractivity (Wildman–Crippen MR) is 141 cm³/mol. The number of imidazole rings is 1. The molecule has 0 atom stereocenters. The van der Waals surface area contributed by atoms with Crippen LogP contribution in [0, 0.1) is 12.7 Å². The summed E-state index contributed by atoms with van der Waals surface area (Å²) in [5.41, 5.74) is 3.65. The number of fused-ring (bicyclic) bond motifs is 1. The first-order chi connectivity index (χ1) is 17.8. The second kappa shape index (κ2) is 9.96.